The summed E-state index contributed by atoms with van der Waals surface area (Å²) in [5.74, 6) is -0.918. The molecule has 29 heavy (non-hydrogen) atoms. The van der Waals surface area contributed by atoms with E-state index in [1.54, 1.807) is 24.4 Å². The second-order valence-electron chi connectivity index (χ2n) is 6.03. The Kier molecular flexibility index (Phi) is 5.62. The summed E-state index contributed by atoms with van der Waals surface area (Å²) in [5.41, 5.74) is 0.344. The first kappa shape index (κ1) is 20.1. The number of hydrogen-bond donors (Lipinski definition) is 3. The number of nitrogens with zero attached hydrogens (tertiary/aromatic N) is 3. The zero-order chi connectivity index (χ0) is 21.0. The van der Waals surface area contributed by atoms with Crippen molar-refractivity contribution in [1.29, 1.82) is 0 Å². The number of carboxylic acids is 1. The number of nitrogens with one attached hydrogen (secondary N) is 2. The van der Waals surface area contributed by atoms with E-state index in [0.717, 1.165) is 6.07 Å². The Morgan fingerprint density at radius 3 is 2.55 bits per heavy atom. The number of aromatic nitrogens is 3. The third-order valence-corrected chi connectivity index (χ3v) is 3.95. The lowest BCUT2D eigenvalue weighted by Crippen LogP contribution is -2.15. The molecular formula is C19H16F3N5O2. The zero-order valence-electron chi connectivity index (χ0n) is 15.2. The van der Waals surface area contributed by atoms with Crippen LogP contribution < -0.4 is 10.6 Å². The number of benzene rings is 1. The average molecular weight is 403 g/mol. The van der Waals surface area contributed by atoms with E-state index in [0.29, 0.717) is 11.4 Å². The molecule has 2 aromatic heterocycles. The van der Waals surface area contributed by atoms with Crippen molar-refractivity contribution in [3.05, 3.63) is 59.8 Å². The molecule has 0 radical (unpaired) electrons. The number of anilines is 3. The van der Waals surface area contributed by atoms with Gasteiger partial charge in [0.1, 0.15) is 12.4 Å². The van der Waals surface area contributed by atoms with Gasteiger partial charge < -0.3 is 15.7 Å². The lowest BCUT2D eigenvalue weighted by Gasteiger charge is -2.16. The minimum absolute atomic E-state index is 0.00248. The van der Waals surface area contributed by atoms with E-state index in [-0.39, 0.29) is 23.0 Å². The van der Waals surface area contributed by atoms with E-state index in [9.17, 15) is 18.0 Å². The van der Waals surface area contributed by atoms with E-state index in [2.05, 4.69) is 25.6 Å². The summed E-state index contributed by atoms with van der Waals surface area (Å²) in [6.45, 7) is 0.934. The highest BCUT2D eigenvalue weighted by Gasteiger charge is 2.32. The first-order valence-corrected chi connectivity index (χ1v) is 8.44. The molecule has 0 saturated carbocycles. The van der Waals surface area contributed by atoms with Crippen LogP contribution in [-0.4, -0.2) is 32.6 Å². The molecule has 0 aliphatic carbocycles. The Morgan fingerprint density at radius 2 is 1.90 bits per heavy atom. The van der Waals surface area contributed by atoms with Crippen molar-refractivity contribution < 1.29 is 23.1 Å². The number of pyridine rings is 1. The van der Waals surface area contributed by atoms with E-state index < -0.39 is 24.3 Å². The molecule has 0 bridgehead atoms. The second kappa shape index (κ2) is 8.13. The van der Waals surface area contributed by atoms with E-state index in [1.165, 1.54) is 25.1 Å². The number of carbonyl (C=O) groups is 1. The lowest BCUT2D eigenvalue weighted by atomic mass is 10.1. The monoisotopic (exact) mass is 403 g/mol. The molecule has 3 N–H and O–H groups in total. The largest absolute Gasteiger partial charge is 0.480 e. The molecule has 10 heteroatoms. The van der Waals surface area contributed by atoms with Crippen LogP contribution in [0.15, 0.2) is 48.7 Å². The maximum absolute atomic E-state index is 13.2. The van der Waals surface area contributed by atoms with Crippen LogP contribution in [0, 0.1) is 6.92 Å². The highest BCUT2D eigenvalue weighted by molar-refractivity contribution is 5.73. The maximum atomic E-state index is 13.2. The molecule has 3 rings (SSSR count). The van der Waals surface area contributed by atoms with Crippen LogP contribution in [0.5, 0.6) is 0 Å². The van der Waals surface area contributed by atoms with Gasteiger partial charge in [0.15, 0.2) is 0 Å². The molecule has 2 heterocycles. The quantitative estimate of drug-likeness (QED) is 0.570. The number of carboxylic acid groups (broad SMARTS) is 1. The molecule has 0 aliphatic rings. The summed E-state index contributed by atoms with van der Waals surface area (Å²) in [4.78, 5) is 23.4. The first-order valence-electron chi connectivity index (χ1n) is 8.44. The van der Waals surface area contributed by atoms with Crippen molar-refractivity contribution in [2.24, 2.45) is 0 Å². The SMILES string of the molecule is Cc1c(Nc2cc(-c3ccccn3)nc(NCC(=O)O)n2)cccc1C(F)(F)F. The molecule has 0 fully saturated rings. The predicted octanol–water partition coefficient (Wildman–Crippen LogP) is 4.11. The molecule has 0 saturated heterocycles. The van der Waals surface area contributed by atoms with Gasteiger partial charge >= 0.3 is 12.1 Å². The normalized spacial score (nSPS) is 11.2. The number of alkyl halides is 3. The van der Waals surface area contributed by atoms with Gasteiger partial charge in [0, 0.05) is 18.0 Å². The summed E-state index contributed by atoms with van der Waals surface area (Å²) in [7, 11) is 0. The van der Waals surface area contributed by atoms with Gasteiger partial charge in [-0.05, 0) is 36.8 Å². The number of rotatable bonds is 6. The van der Waals surface area contributed by atoms with Crippen molar-refractivity contribution in [1.82, 2.24) is 15.0 Å². The minimum atomic E-state index is -4.49. The molecule has 0 unspecified atom stereocenters. The van der Waals surface area contributed by atoms with Gasteiger partial charge in [0.2, 0.25) is 5.95 Å². The van der Waals surface area contributed by atoms with Gasteiger partial charge in [-0.3, -0.25) is 9.78 Å². The number of hydrogen-bond acceptors (Lipinski definition) is 6. The van der Waals surface area contributed by atoms with E-state index in [1.807, 2.05) is 0 Å². The summed E-state index contributed by atoms with van der Waals surface area (Å²) in [5, 5.41) is 14.3. The summed E-state index contributed by atoms with van der Waals surface area (Å²) in [6, 6.07) is 10.5. The van der Waals surface area contributed by atoms with Crippen molar-refractivity contribution in [2.75, 3.05) is 17.2 Å². The summed E-state index contributed by atoms with van der Waals surface area (Å²) >= 11 is 0. The van der Waals surface area contributed by atoms with Crippen molar-refractivity contribution in [3.8, 4) is 11.4 Å². The Labute approximate surface area is 163 Å². The standard InChI is InChI=1S/C19H16F3N5O2/c1-11-12(19(20,21)22)5-4-7-13(11)25-16-9-15(14-6-2-3-8-23-14)26-18(27-16)24-10-17(28)29/h2-9H,10H2,1H3,(H,28,29)(H2,24,25,26,27). The fourth-order valence-electron chi connectivity index (χ4n) is 2.61. The van der Waals surface area contributed by atoms with Gasteiger partial charge in [0.25, 0.3) is 0 Å². The molecule has 0 spiro atoms. The molecule has 7 nitrogen and oxygen atoms in total. The second-order valence-corrected chi connectivity index (χ2v) is 6.03. The van der Waals surface area contributed by atoms with E-state index >= 15 is 0 Å². The smallest absolute Gasteiger partial charge is 0.416 e. The Bertz CT molecular complexity index is 1030. The zero-order valence-corrected chi connectivity index (χ0v) is 15.2. The van der Waals surface area contributed by atoms with Crippen LogP contribution >= 0.6 is 0 Å². The average Bonchev–Trinajstić information content (AvgIpc) is 2.67. The van der Waals surface area contributed by atoms with Crippen molar-refractivity contribution >= 4 is 23.4 Å². The number of halogens is 3. The van der Waals surface area contributed by atoms with Gasteiger partial charge in [-0.25, -0.2) is 4.98 Å². The van der Waals surface area contributed by atoms with Crippen LogP contribution in [0.4, 0.5) is 30.6 Å². The highest BCUT2D eigenvalue weighted by Crippen LogP contribution is 2.35. The van der Waals surface area contributed by atoms with Crippen molar-refractivity contribution in [2.45, 2.75) is 13.1 Å². The Balaban J connectivity index is 2.00. The highest BCUT2D eigenvalue weighted by atomic mass is 19.4. The number of aliphatic carboxylic acids is 1. The van der Waals surface area contributed by atoms with Crippen LogP contribution in [0.2, 0.25) is 0 Å². The van der Waals surface area contributed by atoms with Crippen LogP contribution in [0.1, 0.15) is 11.1 Å². The van der Waals surface area contributed by atoms with Crippen LogP contribution in [0.25, 0.3) is 11.4 Å². The van der Waals surface area contributed by atoms with Gasteiger partial charge in [-0.2, -0.15) is 18.2 Å². The summed E-state index contributed by atoms with van der Waals surface area (Å²) in [6.07, 6.45) is -2.92. The Morgan fingerprint density at radius 1 is 1.10 bits per heavy atom. The minimum Gasteiger partial charge on any atom is -0.480 e. The molecule has 0 atom stereocenters. The van der Waals surface area contributed by atoms with Gasteiger partial charge in [-0.15, -0.1) is 0 Å². The molecule has 150 valence electrons. The van der Waals surface area contributed by atoms with E-state index in [4.69, 9.17) is 5.11 Å². The molecule has 0 amide bonds. The third kappa shape index (κ3) is 4.98. The molecule has 0 aliphatic heterocycles. The topological polar surface area (TPSA) is 100 Å². The van der Waals surface area contributed by atoms with Crippen LogP contribution in [-0.2, 0) is 11.0 Å². The molecular weight excluding hydrogens is 387 g/mol. The van der Waals surface area contributed by atoms with Crippen molar-refractivity contribution in [3.63, 3.8) is 0 Å². The Hall–Kier alpha value is -3.69. The predicted molar refractivity (Wildman–Crippen MR) is 101 cm³/mol. The lowest BCUT2D eigenvalue weighted by molar-refractivity contribution is -0.138. The molecule has 3 aromatic rings. The first-order chi connectivity index (χ1) is 13.7. The van der Waals surface area contributed by atoms with Gasteiger partial charge in [-0.1, -0.05) is 12.1 Å². The fourth-order valence-corrected chi connectivity index (χ4v) is 2.61. The third-order valence-electron chi connectivity index (χ3n) is 3.95. The summed E-state index contributed by atoms with van der Waals surface area (Å²) < 4.78 is 39.5. The maximum Gasteiger partial charge on any atom is 0.416 e. The fraction of sp³-hybridized carbons (Fsp3) is 0.158. The van der Waals surface area contributed by atoms with Gasteiger partial charge in [0.05, 0.1) is 17.0 Å². The van der Waals surface area contributed by atoms with Crippen LogP contribution in [0.3, 0.4) is 0 Å². The molecule has 1 aromatic carbocycles.